The average Bonchev–Trinajstić information content (AvgIpc) is 2.47. The van der Waals surface area contributed by atoms with Crippen LogP contribution in [0.3, 0.4) is 0 Å². The Kier molecular flexibility index (Phi) is 4.88. The van der Waals surface area contributed by atoms with Crippen LogP contribution in [0.5, 0.6) is 0 Å². The Morgan fingerprint density at radius 1 is 1.10 bits per heavy atom. The molecule has 2 nitrogen and oxygen atoms in total. The number of benzene rings is 2. The number of rotatable bonds is 5. The maximum atomic E-state index is 13.8. The van der Waals surface area contributed by atoms with E-state index in [1.54, 1.807) is 6.07 Å². The first kappa shape index (κ1) is 14.7. The summed E-state index contributed by atoms with van der Waals surface area (Å²) in [5.74, 6) is -0.150. The first-order chi connectivity index (χ1) is 9.61. The second-order valence-electron chi connectivity index (χ2n) is 5.14. The van der Waals surface area contributed by atoms with Crippen molar-refractivity contribution in [1.82, 2.24) is 4.90 Å². The zero-order valence-electron chi connectivity index (χ0n) is 12.0. The maximum absolute atomic E-state index is 13.8. The van der Waals surface area contributed by atoms with Crippen LogP contribution in [0.4, 0.5) is 4.39 Å². The Bertz CT molecular complexity index is 568. The van der Waals surface area contributed by atoms with Gasteiger partial charge in [-0.2, -0.15) is 0 Å². The van der Waals surface area contributed by atoms with Crippen LogP contribution >= 0.6 is 0 Å². The summed E-state index contributed by atoms with van der Waals surface area (Å²) in [5, 5.41) is 0. The molecule has 0 aliphatic carbocycles. The SMILES string of the molecule is CC(c1ccccc1F)N(C)Cc1cccc(CN)c1. The van der Waals surface area contributed by atoms with Crippen LogP contribution < -0.4 is 5.73 Å². The Hall–Kier alpha value is -1.71. The van der Waals surface area contributed by atoms with Gasteiger partial charge in [-0.15, -0.1) is 0 Å². The zero-order valence-corrected chi connectivity index (χ0v) is 12.0. The van der Waals surface area contributed by atoms with E-state index in [1.165, 1.54) is 11.6 Å². The average molecular weight is 272 g/mol. The molecule has 0 heterocycles. The molecule has 0 saturated carbocycles. The Morgan fingerprint density at radius 2 is 1.80 bits per heavy atom. The third-order valence-corrected chi connectivity index (χ3v) is 3.68. The molecule has 0 aliphatic heterocycles. The lowest BCUT2D eigenvalue weighted by Gasteiger charge is -2.25. The van der Waals surface area contributed by atoms with E-state index < -0.39 is 0 Å². The van der Waals surface area contributed by atoms with Gasteiger partial charge in [0.25, 0.3) is 0 Å². The summed E-state index contributed by atoms with van der Waals surface area (Å²) in [6.45, 7) is 3.33. The minimum Gasteiger partial charge on any atom is -0.326 e. The lowest BCUT2D eigenvalue weighted by atomic mass is 10.1. The van der Waals surface area contributed by atoms with Gasteiger partial charge in [-0.1, -0.05) is 42.5 Å². The van der Waals surface area contributed by atoms with Crippen LogP contribution in [-0.4, -0.2) is 11.9 Å². The van der Waals surface area contributed by atoms with Crippen molar-refractivity contribution in [1.29, 1.82) is 0 Å². The van der Waals surface area contributed by atoms with Gasteiger partial charge in [0.1, 0.15) is 5.82 Å². The van der Waals surface area contributed by atoms with Crippen molar-refractivity contribution >= 4 is 0 Å². The summed E-state index contributed by atoms with van der Waals surface area (Å²) < 4.78 is 13.8. The molecule has 0 bridgehead atoms. The molecule has 0 saturated heterocycles. The highest BCUT2D eigenvalue weighted by molar-refractivity contribution is 5.24. The van der Waals surface area contributed by atoms with Gasteiger partial charge in [-0.05, 0) is 31.2 Å². The summed E-state index contributed by atoms with van der Waals surface area (Å²) in [6, 6.07) is 15.2. The van der Waals surface area contributed by atoms with E-state index >= 15 is 0 Å². The van der Waals surface area contributed by atoms with Crippen LogP contribution in [0.2, 0.25) is 0 Å². The quantitative estimate of drug-likeness (QED) is 0.903. The first-order valence-electron chi connectivity index (χ1n) is 6.84. The lowest BCUT2D eigenvalue weighted by Crippen LogP contribution is -2.22. The van der Waals surface area contributed by atoms with Gasteiger partial charge in [0.05, 0.1) is 0 Å². The fourth-order valence-electron chi connectivity index (χ4n) is 2.33. The van der Waals surface area contributed by atoms with E-state index in [9.17, 15) is 4.39 Å². The molecule has 106 valence electrons. The van der Waals surface area contributed by atoms with Crippen LogP contribution in [0.25, 0.3) is 0 Å². The lowest BCUT2D eigenvalue weighted by molar-refractivity contribution is 0.248. The van der Waals surface area contributed by atoms with Crippen molar-refractivity contribution in [2.75, 3.05) is 7.05 Å². The monoisotopic (exact) mass is 272 g/mol. The summed E-state index contributed by atoms with van der Waals surface area (Å²) in [5.41, 5.74) is 8.70. The predicted molar refractivity (Wildman–Crippen MR) is 80.6 cm³/mol. The maximum Gasteiger partial charge on any atom is 0.127 e. The minimum absolute atomic E-state index is 0.0257. The van der Waals surface area contributed by atoms with Gasteiger partial charge in [0.15, 0.2) is 0 Å². The van der Waals surface area contributed by atoms with Crippen LogP contribution in [0.15, 0.2) is 48.5 Å². The number of nitrogens with two attached hydrogens (primary N) is 1. The molecule has 0 aromatic heterocycles. The number of hydrogen-bond acceptors (Lipinski definition) is 2. The smallest absolute Gasteiger partial charge is 0.127 e. The Labute approximate surface area is 120 Å². The fraction of sp³-hybridized carbons (Fsp3) is 0.294. The van der Waals surface area contributed by atoms with Crippen LogP contribution in [0.1, 0.15) is 29.7 Å². The molecule has 0 amide bonds. The van der Waals surface area contributed by atoms with E-state index in [4.69, 9.17) is 5.73 Å². The number of nitrogens with zero attached hydrogens (tertiary/aromatic N) is 1. The molecule has 3 heteroatoms. The molecule has 0 radical (unpaired) electrons. The molecule has 20 heavy (non-hydrogen) atoms. The molecular weight excluding hydrogens is 251 g/mol. The van der Waals surface area contributed by atoms with E-state index in [1.807, 2.05) is 38.2 Å². The highest BCUT2D eigenvalue weighted by Gasteiger charge is 2.15. The van der Waals surface area contributed by atoms with E-state index in [2.05, 4.69) is 17.0 Å². The van der Waals surface area contributed by atoms with Crippen molar-refractivity contribution in [3.05, 3.63) is 71.0 Å². The third kappa shape index (κ3) is 3.44. The van der Waals surface area contributed by atoms with Crippen molar-refractivity contribution in [2.24, 2.45) is 5.73 Å². The highest BCUT2D eigenvalue weighted by Crippen LogP contribution is 2.23. The van der Waals surface area contributed by atoms with Gasteiger partial charge in [-0.25, -0.2) is 4.39 Å². The van der Waals surface area contributed by atoms with Crippen molar-refractivity contribution in [2.45, 2.75) is 26.1 Å². The Morgan fingerprint density at radius 3 is 2.50 bits per heavy atom. The summed E-state index contributed by atoms with van der Waals surface area (Å²) in [7, 11) is 2.01. The first-order valence-corrected chi connectivity index (χ1v) is 6.84. The van der Waals surface area contributed by atoms with E-state index in [0.29, 0.717) is 6.54 Å². The molecule has 1 atom stereocenters. The van der Waals surface area contributed by atoms with Gasteiger partial charge in [0.2, 0.25) is 0 Å². The summed E-state index contributed by atoms with van der Waals surface area (Å²) in [6.07, 6.45) is 0. The normalized spacial score (nSPS) is 12.7. The summed E-state index contributed by atoms with van der Waals surface area (Å²) >= 11 is 0. The molecular formula is C17H21FN2. The van der Waals surface area contributed by atoms with Gasteiger partial charge in [0, 0.05) is 24.7 Å². The van der Waals surface area contributed by atoms with Crippen LogP contribution in [-0.2, 0) is 13.1 Å². The highest BCUT2D eigenvalue weighted by atomic mass is 19.1. The third-order valence-electron chi connectivity index (χ3n) is 3.68. The molecule has 1 unspecified atom stereocenters. The van der Waals surface area contributed by atoms with Crippen molar-refractivity contribution < 1.29 is 4.39 Å². The standard InChI is InChI=1S/C17H21FN2/c1-13(16-8-3-4-9-17(16)18)20(2)12-15-7-5-6-14(10-15)11-19/h3-10,13H,11-12,19H2,1-2H3. The molecule has 0 aliphatic rings. The Balaban J connectivity index is 2.11. The fourth-order valence-corrected chi connectivity index (χ4v) is 2.33. The topological polar surface area (TPSA) is 29.3 Å². The molecule has 2 rings (SSSR count). The molecule has 2 aromatic carbocycles. The van der Waals surface area contributed by atoms with Crippen LogP contribution in [0, 0.1) is 5.82 Å². The predicted octanol–water partition coefficient (Wildman–Crippen LogP) is 3.48. The minimum atomic E-state index is -0.150. The van der Waals surface area contributed by atoms with Crippen molar-refractivity contribution in [3.8, 4) is 0 Å². The second kappa shape index (κ2) is 6.64. The number of halogens is 1. The largest absolute Gasteiger partial charge is 0.326 e. The van der Waals surface area contributed by atoms with Gasteiger partial charge in [-0.3, -0.25) is 4.90 Å². The van der Waals surface area contributed by atoms with Crippen molar-refractivity contribution in [3.63, 3.8) is 0 Å². The molecule has 2 N–H and O–H groups in total. The zero-order chi connectivity index (χ0) is 14.5. The van der Waals surface area contributed by atoms with Gasteiger partial charge < -0.3 is 5.73 Å². The van der Waals surface area contributed by atoms with E-state index in [0.717, 1.165) is 17.7 Å². The molecule has 2 aromatic rings. The van der Waals surface area contributed by atoms with Gasteiger partial charge >= 0.3 is 0 Å². The molecule has 0 spiro atoms. The molecule has 0 fully saturated rings. The number of hydrogen-bond donors (Lipinski definition) is 1. The van der Waals surface area contributed by atoms with E-state index in [-0.39, 0.29) is 11.9 Å². The summed E-state index contributed by atoms with van der Waals surface area (Å²) in [4.78, 5) is 2.13. The second-order valence-corrected chi connectivity index (χ2v) is 5.14.